The summed E-state index contributed by atoms with van der Waals surface area (Å²) in [6.07, 6.45) is 6.15. The van der Waals surface area contributed by atoms with Gasteiger partial charge in [0.2, 0.25) is 0 Å². The van der Waals surface area contributed by atoms with Crippen LogP contribution in [0.4, 0.5) is 11.4 Å². The van der Waals surface area contributed by atoms with Crippen LogP contribution < -0.4 is 24.8 Å². The van der Waals surface area contributed by atoms with Crippen LogP contribution in [0.3, 0.4) is 0 Å². The lowest BCUT2D eigenvalue weighted by Gasteiger charge is -2.30. The van der Waals surface area contributed by atoms with Crippen molar-refractivity contribution >= 4 is 23.1 Å². The molecule has 0 saturated heterocycles. The zero-order valence-corrected chi connectivity index (χ0v) is 24.3. The lowest BCUT2D eigenvalue weighted by molar-refractivity contribution is -0.140. The van der Waals surface area contributed by atoms with Crippen LogP contribution in [-0.4, -0.2) is 25.5 Å². The van der Waals surface area contributed by atoms with E-state index in [1.54, 1.807) is 13.2 Å². The molecule has 3 aromatic rings. The fraction of sp³-hybridized carbons (Fsp3) is 0.371. The fourth-order valence-corrected chi connectivity index (χ4v) is 6.44. The molecule has 3 aromatic carbocycles. The van der Waals surface area contributed by atoms with Gasteiger partial charge in [-0.25, -0.2) is 0 Å². The Morgan fingerprint density at radius 1 is 0.881 bits per heavy atom. The first-order valence-corrected chi connectivity index (χ1v) is 15.0. The summed E-state index contributed by atoms with van der Waals surface area (Å²) in [6, 6.07) is 21.2. The summed E-state index contributed by atoms with van der Waals surface area (Å²) in [4.78, 5) is 26.9. The van der Waals surface area contributed by atoms with Crippen LogP contribution in [-0.2, 0) is 9.59 Å². The van der Waals surface area contributed by atoms with Crippen LogP contribution in [0, 0.1) is 5.92 Å². The molecule has 6 rings (SSSR count). The van der Waals surface area contributed by atoms with Crippen molar-refractivity contribution < 1.29 is 23.8 Å². The second kappa shape index (κ2) is 12.3. The minimum absolute atomic E-state index is 0.0566. The Labute approximate surface area is 247 Å². The molecule has 0 radical (unpaired) electrons. The molecule has 3 aliphatic rings. The number of fused-ring (bicyclic) bond motifs is 1. The molecule has 1 fully saturated rings. The highest BCUT2D eigenvalue weighted by molar-refractivity contribution is 6.01. The molecule has 7 nitrogen and oxygen atoms in total. The van der Waals surface area contributed by atoms with Crippen LogP contribution in [0.25, 0.3) is 0 Å². The fourth-order valence-electron chi connectivity index (χ4n) is 6.44. The molecule has 218 valence electrons. The van der Waals surface area contributed by atoms with Crippen molar-refractivity contribution in [2.24, 2.45) is 5.92 Å². The number of allylic oxidation sites excluding steroid dienone is 1. The summed E-state index contributed by atoms with van der Waals surface area (Å²) in [6.45, 7) is 2.34. The zero-order chi connectivity index (χ0) is 29.1. The minimum Gasteiger partial charge on any atom is -0.497 e. The number of hydrogen-bond donors (Lipinski definition) is 2. The van der Waals surface area contributed by atoms with E-state index in [1.165, 1.54) is 6.42 Å². The molecule has 2 aliphatic carbocycles. The van der Waals surface area contributed by atoms with Crippen LogP contribution in [0.5, 0.6) is 17.2 Å². The van der Waals surface area contributed by atoms with Crippen molar-refractivity contribution in [2.45, 2.75) is 63.8 Å². The average Bonchev–Trinajstić information content (AvgIpc) is 3.19. The number of ether oxygens (including phenoxy) is 3. The molecular formula is C35H38N2O5. The van der Waals surface area contributed by atoms with Gasteiger partial charge in [0, 0.05) is 17.7 Å². The van der Waals surface area contributed by atoms with Crippen molar-refractivity contribution in [1.82, 2.24) is 0 Å². The third-order valence-electron chi connectivity index (χ3n) is 8.65. The van der Waals surface area contributed by atoms with Gasteiger partial charge in [-0.15, -0.1) is 0 Å². The Morgan fingerprint density at radius 3 is 2.36 bits per heavy atom. The van der Waals surface area contributed by atoms with Gasteiger partial charge in [0.25, 0.3) is 0 Å². The highest BCUT2D eigenvalue weighted by Crippen LogP contribution is 2.45. The minimum atomic E-state index is -0.400. The van der Waals surface area contributed by atoms with Crippen molar-refractivity contribution in [2.75, 3.05) is 24.4 Å². The number of esters is 1. The summed E-state index contributed by atoms with van der Waals surface area (Å²) >= 11 is 0. The maximum absolute atomic E-state index is 14.0. The first-order valence-electron chi connectivity index (χ1n) is 15.0. The first-order chi connectivity index (χ1) is 20.5. The number of anilines is 2. The number of methoxy groups -OCH3 is 1. The number of ketones is 1. The van der Waals surface area contributed by atoms with Gasteiger partial charge in [-0.1, -0.05) is 49.6 Å². The number of carbonyl (C=O) groups excluding carboxylic acids is 2. The zero-order valence-electron chi connectivity index (χ0n) is 24.3. The summed E-state index contributed by atoms with van der Waals surface area (Å²) < 4.78 is 17.2. The van der Waals surface area contributed by atoms with E-state index in [0.717, 1.165) is 65.2 Å². The average molecular weight is 567 g/mol. The maximum Gasteiger partial charge on any atom is 0.314 e. The Balaban J connectivity index is 1.35. The van der Waals surface area contributed by atoms with Crippen LogP contribution in [0.2, 0.25) is 0 Å². The van der Waals surface area contributed by atoms with E-state index in [2.05, 4.69) is 10.6 Å². The molecule has 2 N–H and O–H groups in total. The molecule has 0 bridgehead atoms. The van der Waals surface area contributed by atoms with Gasteiger partial charge in [0.05, 0.1) is 37.1 Å². The standard InChI is InChI=1S/C35H38N2O5/c1-3-41-32-21-24(15-18-31(32)42-35(39)23-9-5-4-6-10-23)34-33-29(36-27-11-7-8-12-28(27)37-34)19-25(20-30(33)38)22-13-16-26(40-2)17-14-22/h7-8,11-18,21,23,25,34,36-37H,3-6,9-10,19-20H2,1-2H3/t25-,34+/m0/s1. The third-order valence-corrected chi connectivity index (χ3v) is 8.65. The van der Waals surface area contributed by atoms with Crippen molar-refractivity contribution in [3.8, 4) is 17.2 Å². The molecule has 7 heteroatoms. The van der Waals surface area contributed by atoms with Gasteiger partial charge in [-0.2, -0.15) is 0 Å². The number of para-hydroxylation sites is 2. The first kappa shape index (κ1) is 27.9. The molecular weight excluding hydrogens is 528 g/mol. The molecule has 0 aromatic heterocycles. The van der Waals surface area contributed by atoms with Crippen molar-refractivity contribution in [1.29, 1.82) is 0 Å². The van der Waals surface area contributed by atoms with E-state index >= 15 is 0 Å². The molecule has 42 heavy (non-hydrogen) atoms. The number of Topliss-reactive ketones (excluding diaryl/α,β-unsaturated/α-hetero) is 1. The number of nitrogens with one attached hydrogen (secondary N) is 2. The highest BCUT2D eigenvalue weighted by atomic mass is 16.6. The normalized spacial score (nSPS) is 20.4. The van der Waals surface area contributed by atoms with Gasteiger partial charge >= 0.3 is 5.97 Å². The van der Waals surface area contributed by atoms with Gasteiger partial charge in [-0.05, 0) is 79.6 Å². The monoisotopic (exact) mass is 566 g/mol. The van der Waals surface area contributed by atoms with Crippen LogP contribution in [0.15, 0.2) is 78.0 Å². The van der Waals surface area contributed by atoms with Crippen molar-refractivity contribution in [3.63, 3.8) is 0 Å². The molecule has 1 heterocycles. The third kappa shape index (κ3) is 5.73. The van der Waals surface area contributed by atoms with Gasteiger partial charge in [-0.3, -0.25) is 9.59 Å². The molecule has 2 atom stereocenters. The second-order valence-electron chi connectivity index (χ2n) is 11.3. The molecule has 1 saturated carbocycles. The quantitative estimate of drug-likeness (QED) is 0.225. The molecule has 0 spiro atoms. The van der Waals surface area contributed by atoms with E-state index in [4.69, 9.17) is 14.2 Å². The number of rotatable bonds is 7. The van der Waals surface area contributed by atoms with E-state index in [0.29, 0.717) is 30.9 Å². The highest BCUT2D eigenvalue weighted by Gasteiger charge is 2.36. The topological polar surface area (TPSA) is 85.9 Å². The van der Waals surface area contributed by atoms with E-state index in [9.17, 15) is 9.59 Å². The summed E-state index contributed by atoms with van der Waals surface area (Å²) in [5, 5.41) is 7.23. The van der Waals surface area contributed by atoms with E-state index in [1.807, 2.05) is 67.6 Å². The molecule has 0 amide bonds. The smallest absolute Gasteiger partial charge is 0.314 e. The van der Waals surface area contributed by atoms with Crippen LogP contribution >= 0.6 is 0 Å². The predicted octanol–water partition coefficient (Wildman–Crippen LogP) is 7.56. The van der Waals surface area contributed by atoms with Gasteiger partial charge < -0.3 is 24.8 Å². The van der Waals surface area contributed by atoms with Gasteiger partial charge in [0.15, 0.2) is 17.3 Å². The Kier molecular flexibility index (Phi) is 8.17. The lowest BCUT2D eigenvalue weighted by atomic mass is 9.78. The Morgan fingerprint density at radius 2 is 1.62 bits per heavy atom. The summed E-state index contributed by atoms with van der Waals surface area (Å²) in [7, 11) is 1.65. The molecule has 1 aliphatic heterocycles. The van der Waals surface area contributed by atoms with E-state index < -0.39 is 6.04 Å². The summed E-state index contributed by atoms with van der Waals surface area (Å²) in [5.41, 5.74) is 5.47. The number of hydrogen-bond acceptors (Lipinski definition) is 7. The maximum atomic E-state index is 14.0. The molecule has 0 unspecified atom stereocenters. The second-order valence-corrected chi connectivity index (χ2v) is 11.3. The Bertz CT molecular complexity index is 1490. The summed E-state index contributed by atoms with van der Waals surface area (Å²) in [5.74, 6) is 1.63. The predicted molar refractivity (Wildman–Crippen MR) is 163 cm³/mol. The van der Waals surface area contributed by atoms with Gasteiger partial charge in [0.1, 0.15) is 5.75 Å². The number of carbonyl (C=O) groups is 2. The number of benzene rings is 3. The largest absolute Gasteiger partial charge is 0.497 e. The van der Waals surface area contributed by atoms with E-state index in [-0.39, 0.29) is 23.6 Å². The lowest BCUT2D eigenvalue weighted by Crippen LogP contribution is -2.27. The van der Waals surface area contributed by atoms with Crippen LogP contribution in [0.1, 0.15) is 75.0 Å². The Hall–Kier alpha value is -4.26. The van der Waals surface area contributed by atoms with Crippen molar-refractivity contribution in [3.05, 3.63) is 89.1 Å². The SMILES string of the molecule is CCOc1cc([C@H]2Nc3ccccc3NC3=C2C(=O)C[C@@H](c2ccc(OC)cc2)C3)ccc1OC(=O)C1CCCCC1.